The zero-order chi connectivity index (χ0) is 13.9. The molecule has 5 heteroatoms. The first kappa shape index (κ1) is 15.0. The molecule has 0 N–H and O–H groups in total. The van der Waals surface area contributed by atoms with Crippen molar-refractivity contribution in [3.05, 3.63) is 0 Å². The van der Waals surface area contributed by atoms with Gasteiger partial charge in [0.1, 0.15) is 18.8 Å². The van der Waals surface area contributed by atoms with Crippen LogP contribution >= 0.6 is 0 Å². The van der Waals surface area contributed by atoms with E-state index in [9.17, 15) is 9.59 Å². The monoisotopic (exact) mass is 258 g/mol. The third-order valence-electron chi connectivity index (χ3n) is 3.60. The molecule has 1 aliphatic heterocycles. The van der Waals surface area contributed by atoms with Crippen molar-refractivity contribution < 1.29 is 23.8 Å². The molecule has 0 bridgehead atoms. The number of esters is 2. The maximum atomic E-state index is 11.1. The average Bonchev–Trinajstić information content (AvgIpc) is 2.27. The molecule has 0 aromatic carbocycles. The highest BCUT2D eigenvalue weighted by molar-refractivity contribution is 5.66. The molecule has 0 amide bonds. The quantitative estimate of drug-likeness (QED) is 0.719. The van der Waals surface area contributed by atoms with Gasteiger partial charge >= 0.3 is 11.9 Å². The molecule has 104 valence electrons. The molecule has 1 heterocycles. The van der Waals surface area contributed by atoms with Gasteiger partial charge in [0.15, 0.2) is 0 Å². The number of rotatable bonds is 3. The number of carbonyl (C=O) groups excluding carboxylic acids is 2. The predicted molar refractivity (Wildman–Crippen MR) is 64.9 cm³/mol. The van der Waals surface area contributed by atoms with E-state index in [2.05, 4.69) is 6.92 Å². The van der Waals surface area contributed by atoms with Gasteiger partial charge in [0.25, 0.3) is 0 Å². The second-order valence-corrected chi connectivity index (χ2v) is 4.97. The summed E-state index contributed by atoms with van der Waals surface area (Å²) >= 11 is 0. The zero-order valence-corrected chi connectivity index (χ0v) is 11.6. The Morgan fingerprint density at radius 2 is 1.67 bits per heavy atom. The summed E-state index contributed by atoms with van der Waals surface area (Å²) in [6, 6.07) is 0. The summed E-state index contributed by atoms with van der Waals surface area (Å²) in [5.74, 6) is -0.259. The highest BCUT2D eigenvalue weighted by atomic mass is 16.6. The Morgan fingerprint density at radius 1 is 1.06 bits per heavy atom. The van der Waals surface area contributed by atoms with Crippen LogP contribution < -0.4 is 0 Å². The topological polar surface area (TPSA) is 61.8 Å². The van der Waals surface area contributed by atoms with Gasteiger partial charge in [0.2, 0.25) is 0 Å². The van der Waals surface area contributed by atoms with Crippen LogP contribution in [0, 0.1) is 11.8 Å². The highest BCUT2D eigenvalue weighted by Gasteiger charge is 2.42. The van der Waals surface area contributed by atoms with E-state index in [1.807, 2.05) is 13.8 Å². The third-order valence-corrected chi connectivity index (χ3v) is 3.60. The molecule has 1 aliphatic rings. The minimum Gasteiger partial charge on any atom is -0.463 e. The minimum absolute atomic E-state index is 0.0485. The lowest BCUT2D eigenvalue weighted by Gasteiger charge is -2.42. The number of carbonyl (C=O) groups is 2. The maximum Gasteiger partial charge on any atom is 0.303 e. The van der Waals surface area contributed by atoms with Gasteiger partial charge in [-0.1, -0.05) is 13.8 Å². The van der Waals surface area contributed by atoms with Gasteiger partial charge in [-0.3, -0.25) is 9.59 Å². The predicted octanol–water partition coefficient (Wildman–Crippen LogP) is 1.54. The van der Waals surface area contributed by atoms with Crippen LogP contribution in [-0.4, -0.2) is 36.9 Å². The molecule has 0 saturated carbocycles. The van der Waals surface area contributed by atoms with Crippen LogP contribution in [-0.2, 0) is 23.8 Å². The molecule has 18 heavy (non-hydrogen) atoms. The molecule has 0 spiro atoms. The van der Waals surface area contributed by atoms with E-state index in [4.69, 9.17) is 14.2 Å². The fraction of sp³-hybridized carbons (Fsp3) is 0.846. The van der Waals surface area contributed by atoms with E-state index >= 15 is 0 Å². The number of hydrogen-bond donors (Lipinski definition) is 0. The second-order valence-electron chi connectivity index (χ2n) is 4.97. The van der Waals surface area contributed by atoms with Crippen LogP contribution in [0.2, 0.25) is 0 Å². The lowest BCUT2D eigenvalue weighted by Crippen LogP contribution is -2.52. The first-order valence-corrected chi connectivity index (χ1v) is 6.29. The number of ether oxygens (including phenoxy) is 3. The van der Waals surface area contributed by atoms with Crippen molar-refractivity contribution in [3.8, 4) is 0 Å². The van der Waals surface area contributed by atoms with Crippen LogP contribution in [0.1, 0.15) is 34.6 Å². The summed E-state index contributed by atoms with van der Waals surface area (Å²) in [4.78, 5) is 22.0. The summed E-state index contributed by atoms with van der Waals surface area (Å²) in [6.07, 6.45) is -0.709. The summed E-state index contributed by atoms with van der Waals surface area (Å²) in [7, 11) is 0. The van der Waals surface area contributed by atoms with Crippen molar-refractivity contribution in [2.75, 3.05) is 6.61 Å². The molecule has 1 rings (SSSR count). The zero-order valence-electron chi connectivity index (χ0n) is 11.6. The van der Waals surface area contributed by atoms with E-state index in [-0.39, 0.29) is 48.7 Å². The van der Waals surface area contributed by atoms with Gasteiger partial charge in [0.05, 0.1) is 6.10 Å². The molecule has 0 aliphatic carbocycles. The fourth-order valence-corrected chi connectivity index (χ4v) is 2.25. The van der Waals surface area contributed by atoms with Crippen LogP contribution in [0.15, 0.2) is 0 Å². The molecule has 1 unspecified atom stereocenters. The van der Waals surface area contributed by atoms with Crippen molar-refractivity contribution in [1.29, 1.82) is 0 Å². The van der Waals surface area contributed by atoms with Crippen molar-refractivity contribution in [3.63, 3.8) is 0 Å². The Morgan fingerprint density at radius 3 is 2.17 bits per heavy atom. The van der Waals surface area contributed by atoms with Crippen molar-refractivity contribution >= 4 is 11.9 Å². The second kappa shape index (κ2) is 6.18. The Bertz CT molecular complexity index is 315. The van der Waals surface area contributed by atoms with Gasteiger partial charge in [-0.05, 0) is 12.8 Å². The van der Waals surface area contributed by atoms with E-state index in [1.54, 1.807) is 0 Å². The van der Waals surface area contributed by atoms with Crippen molar-refractivity contribution in [2.24, 2.45) is 11.8 Å². The summed E-state index contributed by atoms with van der Waals surface area (Å²) in [5, 5.41) is 0. The molecule has 1 fully saturated rings. The Balaban J connectivity index is 2.75. The summed E-state index contributed by atoms with van der Waals surface area (Å²) < 4.78 is 16.1. The van der Waals surface area contributed by atoms with Crippen LogP contribution in [0.5, 0.6) is 0 Å². The first-order chi connectivity index (χ1) is 8.32. The van der Waals surface area contributed by atoms with Gasteiger partial charge in [0, 0.05) is 19.8 Å². The molecule has 5 atom stereocenters. The van der Waals surface area contributed by atoms with E-state index in [0.717, 1.165) is 0 Å². The van der Waals surface area contributed by atoms with Gasteiger partial charge in [-0.2, -0.15) is 0 Å². The van der Waals surface area contributed by atoms with Crippen molar-refractivity contribution in [2.45, 2.75) is 52.9 Å². The van der Waals surface area contributed by atoms with E-state index in [1.165, 1.54) is 13.8 Å². The maximum absolute atomic E-state index is 11.1. The molecule has 0 radical (unpaired) electrons. The van der Waals surface area contributed by atoms with E-state index in [0.29, 0.717) is 0 Å². The smallest absolute Gasteiger partial charge is 0.303 e. The summed E-state index contributed by atoms with van der Waals surface area (Å²) in [6.45, 7) is 8.91. The van der Waals surface area contributed by atoms with E-state index < -0.39 is 0 Å². The number of hydrogen-bond acceptors (Lipinski definition) is 5. The lowest BCUT2D eigenvalue weighted by molar-refractivity contribution is -0.202. The Kier molecular flexibility index (Phi) is 5.14. The minimum atomic E-state index is -0.390. The average molecular weight is 258 g/mol. The third kappa shape index (κ3) is 3.70. The molecule has 1 saturated heterocycles. The first-order valence-electron chi connectivity index (χ1n) is 6.29. The van der Waals surface area contributed by atoms with Crippen LogP contribution in [0.4, 0.5) is 0 Å². The van der Waals surface area contributed by atoms with Crippen molar-refractivity contribution in [1.82, 2.24) is 0 Å². The van der Waals surface area contributed by atoms with Gasteiger partial charge in [-0.25, -0.2) is 0 Å². The molecule has 0 aromatic rings. The largest absolute Gasteiger partial charge is 0.463 e. The van der Waals surface area contributed by atoms with Gasteiger partial charge < -0.3 is 14.2 Å². The molecular weight excluding hydrogens is 236 g/mol. The van der Waals surface area contributed by atoms with Gasteiger partial charge in [-0.15, -0.1) is 0 Å². The Labute approximate surface area is 108 Å². The molecular formula is C13H22O5. The standard InChI is InChI=1S/C13H22O5/c1-7-8(2)13(18-11(5)15)12(17-9(7)3)6-16-10(4)14/h7-9,12-13H,6H2,1-5H3/t7-,8+,9?,12+,13-/m1/s1. The highest BCUT2D eigenvalue weighted by Crippen LogP contribution is 2.32. The normalized spacial score (nSPS) is 35.9. The van der Waals surface area contributed by atoms with Crippen LogP contribution in [0.3, 0.4) is 0 Å². The summed E-state index contributed by atoms with van der Waals surface area (Å²) in [5.41, 5.74) is 0. The SMILES string of the molecule is CC(=O)OC[C@@H]1OC(C)[C@H](C)[C@H](C)[C@H]1OC(C)=O. The fourth-order valence-electron chi connectivity index (χ4n) is 2.25. The molecule has 0 aromatic heterocycles. The lowest BCUT2D eigenvalue weighted by atomic mass is 9.82. The van der Waals surface area contributed by atoms with Crippen LogP contribution in [0.25, 0.3) is 0 Å². The molecule has 5 nitrogen and oxygen atoms in total. The Hall–Kier alpha value is -1.10.